The molecule has 0 aliphatic heterocycles. The van der Waals surface area contributed by atoms with Crippen LogP contribution in [0.2, 0.25) is 0 Å². The van der Waals surface area contributed by atoms with Gasteiger partial charge in [-0.3, -0.25) is 4.98 Å². The molecule has 0 bridgehead atoms. The van der Waals surface area contributed by atoms with E-state index in [1.165, 1.54) is 43.4 Å². The minimum Gasteiger partial charge on any atom is -0.252 e. The van der Waals surface area contributed by atoms with Crippen LogP contribution in [0.5, 0.6) is 0 Å². The summed E-state index contributed by atoms with van der Waals surface area (Å²) < 4.78 is 0. The summed E-state index contributed by atoms with van der Waals surface area (Å²) in [6.45, 7) is 9.98. The predicted octanol–water partition coefficient (Wildman–Crippen LogP) is 29.5. The highest BCUT2D eigenvalue weighted by Crippen LogP contribution is 2.40. The molecule has 24 aromatic rings. The lowest BCUT2D eigenvalue weighted by Crippen LogP contribution is -2.01. The second kappa shape index (κ2) is 36.2. The largest absolute Gasteiger partial charge is 0.252 e. The van der Waals surface area contributed by atoms with Gasteiger partial charge in [0.15, 0.2) is 64.1 Å². The Morgan fingerprint density at radius 1 is 0.119 bits per heavy atom. The van der Waals surface area contributed by atoms with Gasteiger partial charge in [-0.05, 0) is 163 Å². The molecule has 6 heterocycles. The Kier molecular flexibility index (Phi) is 22.2. The average Bonchev–Trinajstić information content (AvgIpc) is 0.761. The van der Waals surface area contributed by atoms with Crippen molar-refractivity contribution in [2.24, 2.45) is 0 Å². The fourth-order valence-corrected chi connectivity index (χ4v) is 17.9. The first kappa shape index (κ1) is 82.8. The maximum absolute atomic E-state index is 5.08. The van der Waals surface area contributed by atoms with E-state index < -0.39 is 0 Å². The molecule has 24 rings (SSSR count). The molecule has 0 N–H and O–H groups in total. The molecule has 0 fully saturated rings. The average molecular weight is 1730 g/mol. The van der Waals surface area contributed by atoms with Crippen molar-refractivity contribution in [3.63, 3.8) is 0 Å². The molecule has 0 saturated carbocycles. The summed E-state index contributed by atoms with van der Waals surface area (Å²) in [5, 5.41) is 15.2. The summed E-state index contributed by atoms with van der Waals surface area (Å²) in [6, 6.07) is 145. The number of rotatable bonds is 14. The number of aryl methyl sites for hydroxylation is 5. The fourth-order valence-electron chi connectivity index (χ4n) is 17.9. The molecule has 0 aliphatic rings. The van der Waals surface area contributed by atoms with Crippen molar-refractivity contribution in [3.8, 4) is 159 Å². The molecular weight excluding hydrogens is 1650 g/mol. The Morgan fingerprint density at radius 3 is 0.719 bits per heavy atom. The van der Waals surface area contributed by atoms with E-state index in [1.54, 1.807) is 0 Å². The Bertz CT molecular complexity index is 8290. The van der Waals surface area contributed by atoms with Crippen LogP contribution in [0.15, 0.2) is 419 Å². The highest BCUT2D eigenvalue weighted by Gasteiger charge is 2.22. The summed E-state index contributed by atoms with van der Waals surface area (Å²) in [6.07, 6.45) is 0. The van der Waals surface area contributed by atoms with Crippen LogP contribution in [-0.4, -0.2) is 69.8 Å². The van der Waals surface area contributed by atoms with Crippen molar-refractivity contribution in [1.82, 2.24) is 69.8 Å². The molecule has 18 aromatic carbocycles. The highest BCUT2D eigenvalue weighted by molar-refractivity contribution is 6.01. The Labute approximate surface area is 780 Å². The zero-order valence-corrected chi connectivity index (χ0v) is 74.6. The van der Waals surface area contributed by atoms with Crippen molar-refractivity contribution in [1.29, 1.82) is 0 Å². The summed E-state index contributed by atoms with van der Waals surface area (Å²) in [5.41, 5.74) is 22.9. The molecule has 0 aliphatic carbocycles. The van der Waals surface area contributed by atoms with Gasteiger partial charge in [0.1, 0.15) is 0 Å². The van der Waals surface area contributed by atoms with Gasteiger partial charge in [-0.1, -0.05) is 382 Å². The van der Waals surface area contributed by atoms with E-state index in [-0.39, 0.29) is 0 Å². The molecule has 638 valence electrons. The SMILES string of the molecule is Cc1cc(C)nc(-c2ccc(-c3nc(-c4ccc(-c5cccc6ccccc56)cc4)nc(-c4ccc(-c5cccc6ccccc56)cc4)n3)cc2)n1.Cc1cc(C)nc(-c2cccc(-c3nc(-c4ccc5ccccc5c4)nc(-c4ccc5ccccc5c4)n3)c2)n1.Cc1ccc2cccc(-c3ccc(-c4nc(-c5cccc6ccccc56)nc(-c5cccc6ccccc56)n4)cc3)c2n1. The van der Waals surface area contributed by atoms with Crippen LogP contribution in [0.4, 0.5) is 0 Å². The molecule has 14 nitrogen and oxygen atoms in total. The lowest BCUT2D eigenvalue weighted by molar-refractivity contribution is 1.06. The zero-order chi connectivity index (χ0) is 90.8. The molecule has 0 unspecified atom stereocenters. The molecule has 135 heavy (non-hydrogen) atoms. The van der Waals surface area contributed by atoms with E-state index in [9.17, 15) is 0 Å². The highest BCUT2D eigenvalue weighted by atomic mass is 15.1. The molecule has 6 aromatic heterocycles. The van der Waals surface area contributed by atoms with Gasteiger partial charge >= 0.3 is 0 Å². The summed E-state index contributed by atoms with van der Waals surface area (Å²) in [4.78, 5) is 68.7. The van der Waals surface area contributed by atoms with E-state index in [1.807, 2.05) is 113 Å². The molecule has 0 atom stereocenters. The number of pyridine rings is 1. The molecular formula is C121H84N14. The number of aromatic nitrogens is 14. The number of hydrogen-bond donors (Lipinski definition) is 0. The Hall–Kier alpha value is -17.9. The van der Waals surface area contributed by atoms with Crippen LogP contribution in [-0.2, 0) is 0 Å². The van der Waals surface area contributed by atoms with Gasteiger partial charge in [-0.2, -0.15) is 0 Å². The van der Waals surface area contributed by atoms with Crippen molar-refractivity contribution >= 4 is 75.5 Å². The van der Waals surface area contributed by atoms with Gasteiger partial charge in [0.05, 0.1) is 5.52 Å². The first-order chi connectivity index (χ1) is 66.3. The quantitative estimate of drug-likeness (QED) is 0.100. The third-order valence-electron chi connectivity index (χ3n) is 24.5. The van der Waals surface area contributed by atoms with Gasteiger partial charge in [-0.25, -0.2) is 64.8 Å². The van der Waals surface area contributed by atoms with E-state index >= 15 is 0 Å². The maximum Gasteiger partial charge on any atom is 0.164 e. The topological polar surface area (TPSA) is 180 Å². The number of hydrogen-bond acceptors (Lipinski definition) is 14. The van der Waals surface area contributed by atoms with E-state index in [0.717, 1.165) is 155 Å². The van der Waals surface area contributed by atoms with Crippen LogP contribution in [0.1, 0.15) is 28.5 Å². The Balaban J connectivity index is 0.000000119. The summed E-state index contributed by atoms with van der Waals surface area (Å²) >= 11 is 0. The maximum atomic E-state index is 5.08. The van der Waals surface area contributed by atoms with Crippen LogP contribution in [0.3, 0.4) is 0 Å². The van der Waals surface area contributed by atoms with Crippen molar-refractivity contribution in [2.45, 2.75) is 34.6 Å². The van der Waals surface area contributed by atoms with Gasteiger partial charge in [0.25, 0.3) is 0 Å². The van der Waals surface area contributed by atoms with Crippen LogP contribution >= 0.6 is 0 Å². The third-order valence-corrected chi connectivity index (χ3v) is 24.5. The van der Waals surface area contributed by atoms with Crippen LogP contribution in [0.25, 0.3) is 234 Å². The number of benzene rings is 18. The van der Waals surface area contributed by atoms with Crippen LogP contribution < -0.4 is 0 Å². The molecule has 0 saturated heterocycles. The molecule has 0 radical (unpaired) electrons. The van der Waals surface area contributed by atoms with Crippen molar-refractivity contribution in [2.75, 3.05) is 0 Å². The Morgan fingerprint density at radius 2 is 0.348 bits per heavy atom. The molecule has 0 spiro atoms. The monoisotopic (exact) mass is 1730 g/mol. The molecule has 0 amide bonds. The lowest BCUT2D eigenvalue weighted by Gasteiger charge is -2.12. The van der Waals surface area contributed by atoms with E-state index in [0.29, 0.717) is 64.1 Å². The van der Waals surface area contributed by atoms with E-state index in [4.69, 9.17) is 49.8 Å². The zero-order valence-electron chi connectivity index (χ0n) is 74.6. The summed E-state index contributed by atoms with van der Waals surface area (Å²) in [5.74, 6) is 7.05. The first-order valence-corrected chi connectivity index (χ1v) is 45.1. The third kappa shape index (κ3) is 17.4. The summed E-state index contributed by atoms with van der Waals surface area (Å²) in [7, 11) is 0. The van der Waals surface area contributed by atoms with Crippen molar-refractivity contribution < 1.29 is 0 Å². The number of fused-ring (bicyclic) bond motifs is 7. The normalized spacial score (nSPS) is 11.3. The number of nitrogens with zero attached hydrogens (tertiary/aromatic N) is 14. The fraction of sp³-hybridized carbons (Fsp3) is 0.0413. The minimum absolute atomic E-state index is 0.601. The molecule has 14 heteroatoms. The van der Waals surface area contributed by atoms with Gasteiger partial charge in [-0.15, -0.1) is 0 Å². The van der Waals surface area contributed by atoms with Crippen molar-refractivity contribution in [3.05, 3.63) is 447 Å². The second-order valence-corrected chi connectivity index (χ2v) is 33.8. The minimum atomic E-state index is 0.601. The number of para-hydroxylation sites is 1. The lowest BCUT2D eigenvalue weighted by atomic mass is 9.97. The van der Waals surface area contributed by atoms with E-state index in [2.05, 4.69) is 360 Å². The standard InChI is InChI=1S/C47H33N5.C39H26N4.C35H25N5/c1-30-29-31(2)49-44(48-30)36-25-27-39(28-26-36)47-51-45(37-21-17-34(18-22-37)42-15-7-11-32-9-3-5-13-40(32)42)50-46(52-47)38-23-19-35(20-24-38)43-16-8-12-33-10-4-6-14-41(33)43;1-25-19-20-29-13-8-16-33(36(29)40-25)28-21-23-30(24-22-28)37-41-38(34-17-6-11-26-9-2-4-14-31(26)34)43-39(42-37)35-18-7-12-27-10-3-5-15-32(27)35;1-22-18-23(2)37-32(36-22)28-12-7-13-29(21-28)33-38-34(30-16-14-24-8-3-5-10-26(24)19-30)40-35(39-33)31-17-15-25-9-4-6-11-27(25)20-31/h3-29H,1-2H3;2-24H,1H3;3-21H,1-2H3. The smallest absolute Gasteiger partial charge is 0.164 e. The first-order valence-electron chi connectivity index (χ1n) is 45.1. The van der Waals surface area contributed by atoms with Gasteiger partial charge < -0.3 is 0 Å². The predicted molar refractivity (Wildman–Crippen MR) is 551 cm³/mol. The van der Waals surface area contributed by atoms with Gasteiger partial charge in [0.2, 0.25) is 0 Å². The van der Waals surface area contributed by atoms with Gasteiger partial charge in [0, 0.05) is 101 Å². The second-order valence-electron chi connectivity index (χ2n) is 33.8. The van der Waals surface area contributed by atoms with Crippen LogP contribution in [0, 0.1) is 34.6 Å².